The lowest BCUT2D eigenvalue weighted by Gasteiger charge is -2.14. The zero-order valence-corrected chi connectivity index (χ0v) is 13.2. The van der Waals surface area contributed by atoms with Crippen LogP contribution in [0.15, 0.2) is 55.4 Å². The van der Waals surface area contributed by atoms with Gasteiger partial charge in [-0.15, -0.1) is 0 Å². The normalized spacial score (nSPS) is 11.6. The molecule has 1 aromatic heterocycles. The standard InChI is InChI=1S/C18H21N3O2/c1-3-9-23-15-6-7-16(14-5-4-8-20-12-14)17(11-15)21-18(22)10-13(2)19/h3-8,11-13H,1,9-10,19H2,2H3,(H,21,22). The lowest BCUT2D eigenvalue weighted by atomic mass is 10.0. The van der Waals surface area contributed by atoms with Crippen LogP contribution in [0.5, 0.6) is 5.75 Å². The van der Waals surface area contributed by atoms with E-state index in [4.69, 9.17) is 10.5 Å². The van der Waals surface area contributed by atoms with Gasteiger partial charge in [0.2, 0.25) is 5.91 Å². The van der Waals surface area contributed by atoms with Crippen LogP contribution in [0.4, 0.5) is 5.69 Å². The zero-order valence-electron chi connectivity index (χ0n) is 13.2. The van der Waals surface area contributed by atoms with Gasteiger partial charge >= 0.3 is 0 Å². The molecule has 0 saturated carbocycles. The van der Waals surface area contributed by atoms with Crippen LogP contribution in [0.25, 0.3) is 11.1 Å². The average molecular weight is 311 g/mol. The molecule has 5 heteroatoms. The number of pyridine rings is 1. The molecule has 1 heterocycles. The number of anilines is 1. The molecule has 1 atom stereocenters. The van der Waals surface area contributed by atoms with Gasteiger partial charge in [-0.25, -0.2) is 0 Å². The molecule has 0 spiro atoms. The Morgan fingerprint density at radius 1 is 1.48 bits per heavy atom. The van der Waals surface area contributed by atoms with Crippen LogP contribution < -0.4 is 15.8 Å². The van der Waals surface area contributed by atoms with E-state index in [1.165, 1.54) is 0 Å². The third kappa shape index (κ3) is 4.93. The van der Waals surface area contributed by atoms with Gasteiger partial charge in [0.05, 0.1) is 5.69 Å². The van der Waals surface area contributed by atoms with Crippen molar-refractivity contribution in [2.45, 2.75) is 19.4 Å². The summed E-state index contributed by atoms with van der Waals surface area (Å²) in [4.78, 5) is 16.2. The molecule has 0 fully saturated rings. The summed E-state index contributed by atoms with van der Waals surface area (Å²) in [6.45, 7) is 5.83. The number of carbonyl (C=O) groups excluding carboxylic acids is 1. The van der Waals surface area contributed by atoms with Crippen molar-refractivity contribution in [3.8, 4) is 16.9 Å². The van der Waals surface area contributed by atoms with Crippen molar-refractivity contribution in [1.82, 2.24) is 4.98 Å². The van der Waals surface area contributed by atoms with Gasteiger partial charge in [-0.05, 0) is 25.1 Å². The molecular formula is C18H21N3O2. The molecule has 0 saturated heterocycles. The summed E-state index contributed by atoms with van der Waals surface area (Å²) in [5.74, 6) is 0.527. The lowest BCUT2D eigenvalue weighted by molar-refractivity contribution is -0.116. The van der Waals surface area contributed by atoms with Gasteiger partial charge in [0.15, 0.2) is 0 Å². The van der Waals surface area contributed by atoms with Crippen LogP contribution in [0.3, 0.4) is 0 Å². The number of rotatable bonds is 7. The Bertz CT molecular complexity index is 669. The van der Waals surface area contributed by atoms with Gasteiger partial charge in [-0.3, -0.25) is 9.78 Å². The van der Waals surface area contributed by atoms with Crippen molar-refractivity contribution in [3.63, 3.8) is 0 Å². The lowest BCUT2D eigenvalue weighted by Crippen LogP contribution is -2.24. The summed E-state index contributed by atoms with van der Waals surface area (Å²) in [5, 5.41) is 2.90. The number of carbonyl (C=O) groups is 1. The molecule has 1 unspecified atom stereocenters. The third-order valence-corrected chi connectivity index (χ3v) is 3.11. The summed E-state index contributed by atoms with van der Waals surface area (Å²) in [7, 11) is 0. The minimum Gasteiger partial charge on any atom is -0.489 e. The molecule has 0 aliphatic heterocycles. The Kier molecular flexibility index (Phi) is 5.88. The molecule has 3 N–H and O–H groups in total. The number of hydrogen-bond donors (Lipinski definition) is 2. The van der Waals surface area contributed by atoms with Crippen molar-refractivity contribution < 1.29 is 9.53 Å². The molecule has 5 nitrogen and oxygen atoms in total. The number of ether oxygens (including phenoxy) is 1. The van der Waals surface area contributed by atoms with Gasteiger partial charge < -0.3 is 15.8 Å². The van der Waals surface area contributed by atoms with Gasteiger partial charge in [0, 0.05) is 42.0 Å². The van der Waals surface area contributed by atoms with Crippen molar-refractivity contribution in [1.29, 1.82) is 0 Å². The first kappa shape index (κ1) is 16.7. The summed E-state index contributed by atoms with van der Waals surface area (Å²) >= 11 is 0. The van der Waals surface area contributed by atoms with Crippen LogP contribution in [0.1, 0.15) is 13.3 Å². The predicted octanol–water partition coefficient (Wildman–Crippen LogP) is 2.99. The number of nitrogens with one attached hydrogen (secondary N) is 1. The molecule has 0 aliphatic carbocycles. The van der Waals surface area contributed by atoms with Gasteiger partial charge in [-0.1, -0.05) is 18.7 Å². The fraction of sp³-hybridized carbons (Fsp3) is 0.222. The quantitative estimate of drug-likeness (QED) is 0.771. The Morgan fingerprint density at radius 2 is 2.30 bits per heavy atom. The maximum Gasteiger partial charge on any atom is 0.225 e. The molecule has 2 aromatic rings. The Hall–Kier alpha value is -2.66. The van der Waals surface area contributed by atoms with E-state index in [-0.39, 0.29) is 18.4 Å². The van der Waals surface area contributed by atoms with Crippen LogP contribution >= 0.6 is 0 Å². The first-order valence-corrected chi connectivity index (χ1v) is 7.43. The van der Waals surface area contributed by atoms with E-state index in [0.717, 1.165) is 11.1 Å². The maximum atomic E-state index is 12.1. The molecule has 2 rings (SSSR count). The minimum atomic E-state index is -0.197. The van der Waals surface area contributed by atoms with Gasteiger partial charge in [0.25, 0.3) is 0 Å². The van der Waals surface area contributed by atoms with E-state index < -0.39 is 0 Å². The SMILES string of the molecule is C=CCOc1ccc(-c2cccnc2)c(NC(=O)CC(C)N)c1. The number of nitrogens with two attached hydrogens (primary N) is 1. The van der Waals surface area contributed by atoms with Crippen LogP contribution in [0.2, 0.25) is 0 Å². The second-order valence-electron chi connectivity index (χ2n) is 5.28. The Balaban J connectivity index is 2.33. The van der Waals surface area contributed by atoms with E-state index >= 15 is 0 Å². The van der Waals surface area contributed by atoms with E-state index in [1.54, 1.807) is 31.5 Å². The highest BCUT2D eigenvalue weighted by Gasteiger charge is 2.12. The van der Waals surface area contributed by atoms with Crippen LogP contribution in [-0.2, 0) is 4.79 Å². The molecule has 120 valence electrons. The van der Waals surface area contributed by atoms with Gasteiger partial charge in [0.1, 0.15) is 12.4 Å². The number of amides is 1. The summed E-state index contributed by atoms with van der Waals surface area (Å²) < 4.78 is 5.54. The second-order valence-corrected chi connectivity index (χ2v) is 5.28. The highest BCUT2D eigenvalue weighted by molar-refractivity contribution is 5.96. The molecule has 0 aliphatic rings. The summed E-state index contributed by atoms with van der Waals surface area (Å²) in [6.07, 6.45) is 5.38. The molecule has 0 bridgehead atoms. The van der Waals surface area contributed by atoms with E-state index in [1.807, 2.05) is 24.3 Å². The Morgan fingerprint density at radius 3 is 2.96 bits per heavy atom. The molecule has 23 heavy (non-hydrogen) atoms. The monoisotopic (exact) mass is 311 g/mol. The van der Waals surface area contributed by atoms with Crippen molar-refractivity contribution in [2.75, 3.05) is 11.9 Å². The van der Waals surface area contributed by atoms with Crippen molar-refractivity contribution in [3.05, 3.63) is 55.4 Å². The largest absolute Gasteiger partial charge is 0.489 e. The van der Waals surface area contributed by atoms with E-state index in [2.05, 4.69) is 16.9 Å². The fourth-order valence-corrected chi connectivity index (χ4v) is 2.14. The summed E-state index contributed by atoms with van der Waals surface area (Å²) in [6, 6.07) is 9.14. The zero-order chi connectivity index (χ0) is 16.7. The topological polar surface area (TPSA) is 77.2 Å². The maximum absolute atomic E-state index is 12.1. The minimum absolute atomic E-state index is 0.133. The molecule has 1 amide bonds. The van der Waals surface area contributed by atoms with Gasteiger partial charge in [-0.2, -0.15) is 0 Å². The molecular weight excluding hydrogens is 290 g/mol. The average Bonchev–Trinajstić information content (AvgIpc) is 2.53. The smallest absolute Gasteiger partial charge is 0.225 e. The van der Waals surface area contributed by atoms with Crippen LogP contribution in [-0.4, -0.2) is 23.5 Å². The highest BCUT2D eigenvalue weighted by atomic mass is 16.5. The summed E-state index contributed by atoms with van der Waals surface area (Å²) in [5.41, 5.74) is 8.15. The number of hydrogen-bond acceptors (Lipinski definition) is 4. The number of nitrogens with zero attached hydrogens (tertiary/aromatic N) is 1. The fourth-order valence-electron chi connectivity index (χ4n) is 2.14. The first-order valence-electron chi connectivity index (χ1n) is 7.43. The third-order valence-electron chi connectivity index (χ3n) is 3.11. The second kappa shape index (κ2) is 8.10. The highest BCUT2D eigenvalue weighted by Crippen LogP contribution is 2.31. The molecule has 1 aromatic carbocycles. The first-order chi connectivity index (χ1) is 11.1. The van der Waals surface area contributed by atoms with Crippen molar-refractivity contribution >= 4 is 11.6 Å². The van der Waals surface area contributed by atoms with Crippen molar-refractivity contribution in [2.24, 2.45) is 5.73 Å². The Labute approximate surface area is 136 Å². The van der Waals surface area contributed by atoms with E-state index in [0.29, 0.717) is 18.0 Å². The number of aromatic nitrogens is 1. The van der Waals surface area contributed by atoms with E-state index in [9.17, 15) is 4.79 Å². The molecule has 0 radical (unpaired) electrons. The predicted molar refractivity (Wildman–Crippen MR) is 92.3 cm³/mol. The number of benzene rings is 1. The van der Waals surface area contributed by atoms with Crippen LogP contribution in [0, 0.1) is 0 Å².